The highest BCUT2D eigenvalue weighted by atomic mass is 35.5. The van der Waals surface area contributed by atoms with Gasteiger partial charge in [-0.25, -0.2) is 0 Å². The van der Waals surface area contributed by atoms with Crippen LogP contribution >= 0.6 is 11.6 Å². The summed E-state index contributed by atoms with van der Waals surface area (Å²) in [6.45, 7) is 3.74. The topological polar surface area (TPSA) is 56.0 Å². The molecule has 0 heterocycles. The van der Waals surface area contributed by atoms with E-state index in [0.29, 0.717) is 10.6 Å². The van der Waals surface area contributed by atoms with Crippen molar-refractivity contribution in [1.82, 2.24) is 0 Å². The lowest BCUT2D eigenvalue weighted by Gasteiger charge is -2.28. The van der Waals surface area contributed by atoms with Crippen molar-refractivity contribution in [3.05, 3.63) is 28.3 Å². The molecule has 2 unspecified atom stereocenters. The summed E-state index contributed by atoms with van der Waals surface area (Å²) < 4.78 is 0. The van der Waals surface area contributed by atoms with Gasteiger partial charge in [0, 0.05) is 5.69 Å². The number of halogens is 1. The lowest BCUT2D eigenvalue weighted by Crippen LogP contribution is -2.39. The van der Waals surface area contributed by atoms with Crippen LogP contribution in [0.15, 0.2) is 12.1 Å². The smallest absolute Gasteiger partial charge is 0.101 e. The molecule has 2 rings (SSSR count). The second kappa shape index (κ2) is 4.79. The molecular formula is C14H17ClN2O. The van der Waals surface area contributed by atoms with Gasteiger partial charge in [0.1, 0.15) is 6.07 Å². The maximum Gasteiger partial charge on any atom is 0.101 e. The predicted molar refractivity (Wildman–Crippen MR) is 72.8 cm³/mol. The largest absolute Gasteiger partial charge is 0.388 e. The lowest BCUT2D eigenvalue weighted by atomic mass is 9.99. The van der Waals surface area contributed by atoms with Crippen molar-refractivity contribution in [2.24, 2.45) is 0 Å². The van der Waals surface area contributed by atoms with Crippen LogP contribution in [0.2, 0.25) is 5.02 Å². The molecule has 0 radical (unpaired) electrons. The second-order valence-electron chi connectivity index (χ2n) is 5.16. The van der Waals surface area contributed by atoms with E-state index in [2.05, 4.69) is 11.4 Å². The van der Waals surface area contributed by atoms with Gasteiger partial charge < -0.3 is 10.4 Å². The first-order valence-corrected chi connectivity index (χ1v) is 6.51. The van der Waals surface area contributed by atoms with Crippen LogP contribution in [-0.2, 0) is 0 Å². The Morgan fingerprint density at radius 3 is 2.83 bits per heavy atom. The lowest BCUT2D eigenvalue weighted by molar-refractivity contribution is 0.0578. The quantitative estimate of drug-likeness (QED) is 0.862. The summed E-state index contributed by atoms with van der Waals surface area (Å²) in [5.74, 6) is 0. The fourth-order valence-corrected chi connectivity index (χ4v) is 2.70. The van der Waals surface area contributed by atoms with E-state index in [9.17, 15) is 5.11 Å². The van der Waals surface area contributed by atoms with Crippen LogP contribution in [0.5, 0.6) is 0 Å². The van der Waals surface area contributed by atoms with E-state index in [1.54, 1.807) is 6.07 Å². The van der Waals surface area contributed by atoms with Gasteiger partial charge in [-0.05, 0) is 50.8 Å². The Labute approximate surface area is 112 Å². The number of nitriles is 1. The first-order valence-electron chi connectivity index (χ1n) is 6.14. The second-order valence-corrected chi connectivity index (χ2v) is 5.54. The van der Waals surface area contributed by atoms with E-state index in [4.69, 9.17) is 16.9 Å². The summed E-state index contributed by atoms with van der Waals surface area (Å²) in [6.07, 6.45) is 2.78. The van der Waals surface area contributed by atoms with Crippen molar-refractivity contribution >= 4 is 17.3 Å². The van der Waals surface area contributed by atoms with Crippen molar-refractivity contribution in [1.29, 1.82) is 5.26 Å². The maximum atomic E-state index is 10.2. The van der Waals surface area contributed by atoms with Gasteiger partial charge in [-0.2, -0.15) is 5.26 Å². The van der Waals surface area contributed by atoms with E-state index in [1.165, 1.54) is 0 Å². The van der Waals surface area contributed by atoms with Crippen molar-refractivity contribution in [2.75, 3.05) is 5.32 Å². The number of aliphatic hydroxyl groups is 1. The minimum Gasteiger partial charge on any atom is -0.388 e. The average Bonchev–Trinajstić information content (AvgIpc) is 2.65. The van der Waals surface area contributed by atoms with Gasteiger partial charge in [0.05, 0.1) is 22.2 Å². The molecule has 3 nitrogen and oxygen atoms in total. The molecule has 2 N–H and O–H groups in total. The van der Waals surface area contributed by atoms with Gasteiger partial charge in [-0.3, -0.25) is 0 Å². The Balaban J connectivity index is 2.26. The normalized spacial score (nSPS) is 26.9. The third kappa shape index (κ3) is 2.31. The number of hydrogen-bond acceptors (Lipinski definition) is 3. The molecule has 0 amide bonds. The number of nitrogens with zero attached hydrogens (tertiary/aromatic N) is 1. The maximum absolute atomic E-state index is 10.2. The van der Waals surface area contributed by atoms with Crippen LogP contribution in [0.25, 0.3) is 0 Å². The molecule has 1 saturated carbocycles. The van der Waals surface area contributed by atoms with Crippen molar-refractivity contribution in [3.8, 4) is 6.07 Å². The van der Waals surface area contributed by atoms with Crippen molar-refractivity contribution in [2.45, 2.75) is 44.8 Å². The van der Waals surface area contributed by atoms with Gasteiger partial charge in [-0.15, -0.1) is 0 Å². The van der Waals surface area contributed by atoms with E-state index in [-0.39, 0.29) is 6.04 Å². The molecule has 4 heteroatoms. The fourth-order valence-electron chi connectivity index (χ4n) is 2.49. The summed E-state index contributed by atoms with van der Waals surface area (Å²) >= 11 is 6.13. The highest BCUT2D eigenvalue weighted by molar-refractivity contribution is 6.32. The Morgan fingerprint density at radius 2 is 2.28 bits per heavy atom. The number of benzene rings is 1. The van der Waals surface area contributed by atoms with Gasteiger partial charge in [0.25, 0.3) is 0 Å². The molecule has 0 aromatic heterocycles. The highest BCUT2D eigenvalue weighted by Crippen LogP contribution is 2.34. The summed E-state index contributed by atoms with van der Waals surface area (Å²) in [4.78, 5) is 0. The van der Waals surface area contributed by atoms with Crippen molar-refractivity contribution < 1.29 is 5.11 Å². The monoisotopic (exact) mass is 264 g/mol. The van der Waals surface area contributed by atoms with Crippen LogP contribution in [0.3, 0.4) is 0 Å². The molecule has 0 spiro atoms. The molecule has 0 bridgehead atoms. The number of anilines is 1. The first-order chi connectivity index (χ1) is 8.45. The Morgan fingerprint density at radius 1 is 1.56 bits per heavy atom. The van der Waals surface area contributed by atoms with Gasteiger partial charge in [-0.1, -0.05) is 11.6 Å². The van der Waals surface area contributed by atoms with E-state index in [1.807, 2.05) is 19.9 Å². The Kier molecular flexibility index (Phi) is 3.52. The SMILES string of the molecule is Cc1c(NC2CCCC2(C)O)ccc(C#N)c1Cl. The standard InChI is InChI=1S/C14H17ClN2O/c1-9-11(6-5-10(8-16)13(9)15)17-12-4-3-7-14(12,2)18/h5-6,12,17-18H,3-4,7H2,1-2H3. The van der Waals surface area contributed by atoms with Gasteiger partial charge in [0.2, 0.25) is 0 Å². The predicted octanol–water partition coefficient (Wildman–Crippen LogP) is 3.24. The molecule has 1 fully saturated rings. The Bertz CT molecular complexity index is 505. The molecule has 1 aromatic carbocycles. The molecule has 0 aliphatic heterocycles. The fraction of sp³-hybridized carbons (Fsp3) is 0.500. The van der Waals surface area contributed by atoms with Gasteiger partial charge in [0.15, 0.2) is 0 Å². The van der Waals surface area contributed by atoms with E-state index < -0.39 is 5.60 Å². The van der Waals surface area contributed by atoms with E-state index in [0.717, 1.165) is 30.5 Å². The molecule has 1 aliphatic carbocycles. The third-order valence-electron chi connectivity index (χ3n) is 3.76. The minimum absolute atomic E-state index is 0.0419. The van der Waals surface area contributed by atoms with Crippen molar-refractivity contribution in [3.63, 3.8) is 0 Å². The molecule has 1 aliphatic rings. The Hall–Kier alpha value is -1.24. The zero-order chi connectivity index (χ0) is 13.3. The number of hydrogen-bond donors (Lipinski definition) is 2. The summed E-state index contributed by atoms with van der Waals surface area (Å²) in [5, 5.41) is 23.0. The van der Waals surface area contributed by atoms with Crippen LogP contribution < -0.4 is 5.32 Å². The zero-order valence-corrected chi connectivity index (χ0v) is 11.4. The summed E-state index contributed by atoms with van der Waals surface area (Å²) in [6, 6.07) is 5.67. The summed E-state index contributed by atoms with van der Waals surface area (Å²) in [5.41, 5.74) is 1.56. The summed E-state index contributed by atoms with van der Waals surface area (Å²) in [7, 11) is 0. The van der Waals surface area contributed by atoms with Crippen LogP contribution in [0.4, 0.5) is 5.69 Å². The highest BCUT2D eigenvalue weighted by Gasteiger charge is 2.36. The van der Waals surface area contributed by atoms with Crippen LogP contribution in [0, 0.1) is 18.3 Å². The van der Waals surface area contributed by atoms with Crippen LogP contribution in [0.1, 0.15) is 37.3 Å². The molecule has 1 aromatic rings. The average molecular weight is 265 g/mol. The number of nitrogens with one attached hydrogen (secondary N) is 1. The zero-order valence-electron chi connectivity index (χ0n) is 10.6. The van der Waals surface area contributed by atoms with Crippen LogP contribution in [-0.4, -0.2) is 16.7 Å². The number of rotatable bonds is 2. The molecule has 18 heavy (non-hydrogen) atoms. The molecular weight excluding hydrogens is 248 g/mol. The molecule has 96 valence electrons. The minimum atomic E-state index is -0.674. The molecule has 0 saturated heterocycles. The first kappa shape index (κ1) is 13.2. The third-order valence-corrected chi connectivity index (χ3v) is 4.25. The van der Waals surface area contributed by atoms with E-state index >= 15 is 0 Å². The van der Waals surface area contributed by atoms with Gasteiger partial charge >= 0.3 is 0 Å². The molecule has 2 atom stereocenters.